The molecule has 3 heterocycles. The minimum Gasteiger partial charge on any atom is -0.381 e. The first-order valence-electron chi connectivity index (χ1n) is 8.31. The first-order chi connectivity index (χ1) is 11.7. The van der Waals surface area contributed by atoms with Crippen LogP contribution in [0.4, 0.5) is 0 Å². The number of dihydropyridines is 2. The van der Waals surface area contributed by atoms with E-state index >= 15 is 0 Å². The van der Waals surface area contributed by atoms with Crippen LogP contribution in [-0.4, -0.2) is 31.8 Å². The topological polar surface area (TPSA) is 50.7 Å². The van der Waals surface area contributed by atoms with E-state index in [-0.39, 0.29) is 18.4 Å². The van der Waals surface area contributed by atoms with Gasteiger partial charge in [-0.2, -0.15) is 0 Å². The number of benzene rings is 1. The molecule has 4 nitrogen and oxygen atoms in total. The van der Waals surface area contributed by atoms with Crippen LogP contribution in [0.5, 0.6) is 0 Å². The average Bonchev–Trinajstić information content (AvgIpc) is 2.63. The highest BCUT2D eigenvalue weighted by Gasteiger charge is 2.31. The van der Waals surface area contributed by atoms with Crippen molar-refractivity contribution in [2.45, 2.75) is 18.9 Å². The molecular weight excluding hydrogens is 324 g/mol. The maximum absolute atomic E-state index is 12.4. The molecule has 0 amide bonds. The van der Waals surface area contributed by atoms with Crippen molar-refractivity contribution in [2.75, 3.05) is 19.8 Å². The third-order valence-corrected chi connectivity index (χ3v) is 5.11. The van der Waals surface area contributed by atoms with Gasteiger partial charge in [0.15, 0.2) is 5.78 Å². The molecule has 1 aromatic rings. The molecule has 4 rings (SSSR count). The third-order valence-electron chi connectivity index (χ3n) is 4.86. The summed E-state index contributed by atoms with van der Waals surface area (Å²) in [6.45, 7) is 1.79. The van der Waals surface area contributed by atoms with Crippen LogP contribution < -0.4 is 5.32 Å². The number of ether oxygens (including phenoxy) is 1. The van der Waals surface area contributed by atoms with Gasteiger partial charge in [0.1, 0.15) is 6.54 Å². The summed E-state index contributed by atoms with van der Waals surface area (Å²) in [4.78, 5) is 16.6. The maximum Gasteiger partial charge on any atom is 0.184 e. The summed E-state index contributed by atoms with van der Waals surface area (Å²) in [7, 11) is 0. The molecule has 3 aliphatic heterocycles. The van der Waals surface area contributed by atoms with E-state index in [9.17, 15) is 4.79 Å². The molecule has 24 heavy (non-hydrogen) atoms. The molecule has 0 bridgehead atoms. The summed E-state index contributed by atoms with van der Waals surface area (Å²) in [6.07, 6.45) is 5.83. The number of allylic oxidation sites excluding steroid dienone is 2. The molecule has 1 atom stereocenters. The van der Waals surface area contributed by atoms with Crippen LogP contribution in [0, 0.1) is 5.92 Å². The lowest BCUT2D eigenvalue weighted by Crippen LogP contribution is -2.35. The zero-order valence-electron chi connectivity index (χ0n) is 13.3. The van der Waals surface area contributed by atoms with Gasteiger partial charge in [-0.3, -0.25) is 9.79 Å². The summed E-state index contributed by atoms with van der Waals surface area (Å²) < 4.78 is 5.47. The summed E-state index contributed by atoms with van der Waals surface area (Å²) in [6, 6.07) is 7.71. The molecule has 1 unspecified atom stereocenters. The summed E-state index contributed by atoms with van der Waals surface area (Å²) in [5, 5.41) is 4.35. The van der Waals surface area contributed by atoms with Gasteiger partial charge in [-0.05, 0) is 36.6 Å². The predicted molar refractivity (Wildman–Crippen MR) is 94.3 cm³/mol. The van der Waals surface area contributed by atoms with Crippen molar-refractivity contribution in [1.29, 1.82) is 0 Å². The van der Waals surface area contributed by atoms with E-state index < -0.39 is 0 Å². The SMILES string of the molecule is O=C1CN=CC2=C1C=C(C1CCOCC1)NC2c1ccc(Cl)cc1. The lowest BCUT2D eigenvalue weighted by molar-refractivity contribution is -0.114. The Hall–Kier alpha value is -1.91. The quantitative estimate of drug-likeness (QED) is 0.897. The van der Waals surface area contributed by atoms with Crippen molar-refractivity contribution in [2.24, 2.45) is 10.9 Å². The van der Waals surface area contributed by atoms with Crippen molar-refractivity contribution < 1.29 is 9.53 Å². The monoisotopic (exact) mass is 342 g/mol. The lowest BCUT2D eigenvalue weighted by atomic mass is 9.84. The zero-order chi connectivity index (χ0) is 16.5. The highest BCUT2D eigenvalue weighted by atomic mass is 35.5. The van der Waals surface area contributed by atoms with Crippen LogP contribution in [0.3, 0.4) is 0 Å². The Morgan fingerprint density at radius 3 is 2.67 bits per heavy atom. The molecular formula is C19H19ClN2O2. The highest BCUT2D eigenvalue weighted by Crippen LogP contribution is 2.35. The molecule has 0 spiro atoms. The van der Waals surface area contributed by atoms with Crippen molar-refractivity contribution in [1.82, 2.24) is 5.32 Å². The molecule has 0 aliphatic carbocycles. The molecule has 5 heteroatoms. The maximum atomic E-state index is 12.4. The minimum absolute atomic E-state index is 0.0619. The normalized spacial score (nSPS) is 24.5. The number of hydrogen-bond donors (Lipinski definition) is 1. The predicted octanol–water partition coefficient (Wildman–Crippen LogP) is 3.24. The summed E-state index contributed by atoms with van der Waals surface area (Å²) in [5.74, 6) is 0.506. The zero-order valence-corrected chi connectivity index (χ0v) is 14.1. The largest absolute Gasteiger partial charge is 0.381 e. The fourth-order valence-electron chi connectivity index (χ4n) is 3.54. The molecule has 1 fully saturated rings. The van der Waals surface area contributed by atoms with E-state index in [1.54, 1.807) is 0 Å². The third kappa shape index (κ3) is 2.92. The number of nitrogens with one attached hydrogen (secondary N) is 1. The van der Waals surface area contributed by atoms with Crippen LogP contribution >= 0.6 is 11.6 Å². The second-order valence-corrected chi connectivity index (χ2v) is 6.81. The van der Waals surface area contributed by atoms with Crippen molar-refractivity contribution in [3.8, 4) is 0 Å². The first kappa shape index (κ1) is 15.6. The Labute approximate surface area is 146 Å². The van der Waals surface area contributed by atoms with E-state index in [0.717, 1.165) is 48.5 Å². The number of carbonyl (C=O) groups excluding carboxylic acids is 1. The molecule has 124 valence electrons. The Bertz CT molecular complexity index is 743. The Morgan fingerprint density at radius 1 is 1.17 bits per heavy atom. The number of ketones is 1. The fourth-order valence-corrected chi connectivity index (χ4v) is 3.67. The standard InChI is InChI=1S/C19H19ClN2O2/c20-14-3-1-13(2-4-14)19-16-10-21-11-18(23)15(16)9-17(22-19)12-5-7-24-8-6-12/h1-4,9-10,12,19,22H,5-8,11H2. The highest BCUT2D eigenvalue weighted by molar-refractivity contribution is 6.30. The van der Waals surface area contributed by atoms with Gasteiger partial charge in [-0.15, -0.1) is 0 Å². The molecule has 1 N–H and O–H groups in total. The van der Waals surface area contributed by atoms with Gasteiger partial charge in [-0.25, -0.2) is 0 Å². The van der Waals surface area contributed by atoms with Gasteiger partial charge < -0.3 is 10.1 Å². The second-order valence-electron chi connectivity index (χ2n) is 6.38. The van der Waals surface area contributed by atoms with Crippen LogP contribution in [0.15, 0.2) is 52.2 Å². The fraction of sp³-hybridized carbons (Fsp3) is 0.368. The van der Waals surface area contributed by atoms with Crippen molar-refractivity contribution in [3.05, 3.63) is 57.8 Å². The van der Waals surface area contributed by atoms with E-state index in [1.165, 1.54) is 0 Å². The molecule has 1 saturated heterocycles. The number of carbonyl (C=O) groups is 1. The average molecular weight is 343 g/mol. The number of halogens is 1. The van der Waals surface area contributed by atoms with Crippen molar-refractivity contribution in [3.63, 3.8) is 0 Å². The Kier molecular flexibility index (Phi) is 4.25. The smallest absolute Gasteiger partial charge is 0.184 e. The van der Waals surface area contributed by atoms with Gasteiger partial charge in [0.25, 0.3) is 0 Å². The molecule has 0 aromatic heterocycles. The van der Waals surface area contributed by atoms with E-state index in [1.807, 2.05) is 36.6 Å². The number of hydrogen-bond acceptors (Lipinski definition) is 4. The van der Waals surface area contributed by atoms with Crippen LogP contribution in [-0.2, 0) is 9.53 Å². The van der Waals surface area contributed by atoms with E-state index in [2.05, 4.69) is 10.3 Å². The molecule has 1 aromatic carbocycles. The summed E-state index contributed by atoms with van der Waals surface area (Å²) in [5.41, 5.74) is 3.97. The Balaban J connectivity index is 1.74. The van der Waals surface area contributed by atoms with Crippen LogP contribution in [0.1, 0.15) is 24.4 Å². The minimum atomic E-state index is -0.0619. The van der Waals surface area contributed by atoms with Gasteiger partial charge >= 0.3 is 0 Å². The molecule has 0 radical (unpaired) electrons. The molecule has 3 aliphatic rings. The van der Waals surface area contributed by atoms with Gasteiger partial charge in [0, 0.05) is 47.2 Å². The lowest BCUT2D eigenvalue weighted by Gasteiger charge is -2.34. The van der Waals surface area contributed by atoms with Crippen LogP contribution in [0.25, 0.3) is 0 Å². The Morgan fingerprint density at radius 2 is 1.92 bits per heavy atom. The summed E-state index contributed by atoms with van der Waals surface area (Å²) >= 11 is 6.02. The number of aliphatic imine (C=N–C) groups is 1. The first-order valence-corrected chi connectivity index (χ1v) is 8.68. The van der Waals surface area contributed by atoms with Crippen LogP contribution in [0.2, 0.25) is 5.02 Å². The van der Waals surface area contributed by atoms with E-state index in [0.29, 0.717) is 10.9 Å². The second kappa shape index (κ2) is 6.54. The molecule has 0 saturated carbocycles. The number of rotatable bonds is 2. The van der Waals surface area contributed by atoms with Gasteiger partial charge in [0.2, 0.25) is 0 Å². The number of Topliss-reactive ketones (excluding diaryl/α,β-unsaturated/α-hetero) is 1. The van der Waals surface area contributed by atoms with E-state index in [4.69, 9.17) is 16.3 Å². The van der Waals surface area contributed by atoms with Gasteiger partial charge in [-0.1, -0.05) is 23.7 Å². The number of nitrogens with zero attached hydrogens (tertiary/aromatic N) is 1. The van der Waals surface area contributed by atoms with Gasteiger partial charge in [0.05, 0.1) is 6.04 Å². The van der Waals surface area contributed by atoms with Crippen molar-refractivity contribution >= 4 is 23.6 Å².